The Morgan fingerprint density at radius 3 is 1.93 bits per heavy atom. The van der Waals surface area contributed by atoms with Crippen LogP contribution >= 0.6 is 0 Å². The second-order valence-corrected chi connectivity index (χ2v) is 11.3. The average Bonchev–Trinajstić information content (AvgIpc) is 3.31. The molecular formula is C33H36N4O4. The van der Waals surface area contributed by atoms with E-state index in [-0.39, 0.29) is 36.5 Å². The number of benzene rings is 3. The lowest BCUT2D eigenvalue weighted by atomic mass is 9.89. The first kappa shape index (κ1) is 26.9. The van der Waals surface area contributed by atoms with E-state index in [0.29, 0.717) is 43.9 Å². The molecule has 2 bridgehead atoms. The van der Waals surface area contributed by atoms with Gasteiger partial charge in [-0.05, 0) is 55.5 Å². The van der Waals surface area contributed by atoms with Crippen molar-refractivity contribution in [3.63, 3.8) is 0 Å². The summed E-state index contributed by atoms with van der Waals surface area (Å²) in [5.41, 5.74) is 2.57. The van der Waals surface area contributed by atoms with Crippen LogP contribution < -0.4 is 4.90 Å². The lowest BCUT2D eigenvalue weighted by Crippen LogP contribution is -2.54. The Bertz CT molecular complexity index is 1330. The molecule has 41 heavy (non-hydrogen) atoms. The summed E-state index contributed by atoms with van der Waals surface area (Å²) in [4.78, 5) is 48.0. The molecule has 0 spiro atoms. The number of fused-ring (bicyclic) bond motifs is 4. The van der Waals surface area contributed by atoms with Crippen molar-refractivity contribution in [2.45, 2.75) is 43.7 Å². The molecule has 4 aliphatic heterocycles. The van der Waals surface area contributed by atoms with Crippen LogP contribution in [0.5, 0.6) is 0 Å². The van der Waals surface area contributed by atoms with Gasteiger partial charge in [0.2, 0.25) is 0 Å². The van der Waals surface area contributed by atoms with E-state index in [1.807, 2.05) is 88.7 Å². The van der Waals surface area contributed by atoms with Gasteiger partial charge in [-0.2, -0.15) is 0 Å². The first-order valence-electron chi connectivity index (χ1n) is 14.6. The van der Waals surface area contributed by atoms with Crippen molar-refractivity contribution in [1.82, 2.24) is 14.7 Å². The summed E-state index contributed by atoms with van der Waals surface area (Å²) in [5, 5.41) is 10.4. The number of hydrogen-bond donors (Lipinski definition) is 1. The van der Waals surface area contributed by atoms with Crippen molar-refractivity contribution in [2.24, 2.45) is 5.92 Å². The van der Waals surface area contributed by atoms with E-state index in [1.54, 1.807) is 4.90 Å². The number of hydrogen-bond acceptors (Lipinski definition) is 3. The van der Waals surface area contributed by atoms with Gasteiger partial charge in [-0.3, -0.25) is 4.90 Å². The molecular weight excluding hydrogens is 516 g/mol. The first-order valence-corrected chi connectivity index (χ1v) is 14.6. The molecule has 4 atom stereocenters. The quantitative estimate of drug-likeness (QED) is 0.444. The Kier molecular flexibility index (Phi) is 7.63. The third-order valence-electron chi connectivity index (χ3n) is 8.86. The van der Waals surface area contributed by atoms with Crippen LogP contribution in [0.25, 0.3) is 0 Å². The minimum Gasteiger partial charge on any atom is -0.480 e. The molecule has 7 rings (SSSR count). The van der Waals surface area contributed by atoms with Gasteiger partial charge >= 0.3 is 18.0 Å². The predicted molar refractivity (Wildman–Crippen MR) is 157 cm³/mol. The zero-order valence-corrected chi connectivity index (χ0v) is 23.1. The Balaban J connectivity index is 1.28. The lowest BCUT2D eigenvalue weighted by Gasteiger charge is -2.42. The Morgan fingerprint density at radius 2 is 1.32 bits per heavy atom. The molecule has 4 fully saturated rings. The van der Waals surface area contributed by atoms with Crippen LogP contribution in [0.2, 0.25) is 0 Å². The van der Waals surface area contributed by atoms with Crippen LogP contribution in [0, 0.1) is 5.92 Å². The Labute approximate surface area is 240 Å². The number of likely N-dealkylation sites (tertiary alicyclic amines) is 1. The van der Waals surface area contributed by atoms with Crippen LogP contribution in [0.1, 0.15) is 37.2 Å². The molecule has 8 nitrogen and oxygen atoms in total. The molecule has 1 unspecified atom stereocenters. The average molecular weight is 553 g/mol. The van der Waals surface area contributed by atoms with Gasteiger partial charge in [0, 0.05) is 38.0 Å². The Hall–Kier alpha value is -4.33. The number of aliphatic carboxylic acids is 1. The molecule has 8 heteroatoms. The van der Waals surface area contributed by atoms with Gasteiger partial charge in [0.05, 0.1) is 17.4 Å². The molecule has 0 saturated carbocycles. The monoisotopic (exact) mass is 552 g/mol. The number of carboxylic acid groups (broad SMARTS) is 1. The number of carbonyl (C=O) groups is 3. The van der Waals surface area contributed by atoms with Gasteiger partial charge in [0.25, 0.3) is 0 Å². The van der Waals surface area contributed by atoms with Gasteiger partial charge in [0.15, 0.2) is 0 Å². The highest BCUT2D eigenvalue weighted by atomic mass is 16.4. The van der Waals surface area contributed by atoms with Gasteiger partial charge < -0.3 is 19.8 Å². The Morgan fingerprint density at radius 1 is 0.707 bits per heavy atom. The van der Waals surface area contributed by atoms with E-state index in [0.717, 1.165) is 12.8 Å². The third kappa shape index (κ3) is 5.38. The number of nitrogens with zero attached hydrogens (tertiary/aromatic N) is 4. The van der Waals surface area contributed by atoms with E-state index >= 15 is 0 Å². The summed E-state index contributed by atoms with van der Waals surface area (Å²) in [6.07, 6.45) is 3.31. The van der Waals surface area contributed by atoms with Gasteiger partial charge in [-0.25, -0.2) is 14.4 Å². The minimum atomic E-state index is -1.03. The van der Waals surface area contributed by atoms with Crippen molar-refractivity contribution >= 4 is 29.4 Å². The van der Waals surface area contributed by atoms with Gasteiger partial charge in [0.1, 0.15) is 6.04 Å². The predicted octanol–water partition coefficient (Wildman–Crippen LogP) is 5.79. The maximum Gasteiger partial charge on any atom is 0.329 e. The topological polar surface area (TPSA) is 84.4 Å². The van der Waals surface area contributed by atoms with Crippen molar-refractivity contribution in [1.29, 1.82) is 0 Å². The molecule has 0 aliphatic carbocycles. The summed E-state index contributed by atoms with van der Waals surface area (Å²) >= 11 is 0. The van der Waals surface area contributed by atoms with Crippen LogP contribution in [-0.4, -0.2) is 76.1 Å². The molecule has 0 aromatic heterocycles. The van der Waals surface area contributed by atoms with Crippen LogP contribution in [0.15, 0.2) is 91.0 Å². The highest BCUT2D eigenvalue weighted by Crippen LogP contribution is 2.37. The molecule has 4 heterocycles. The normalized spacial score (nSPS) is 24.0. The van der Waals surface area contributed by atoms with E-state index in [2.05, 4.69) is 12.1 Å². The summed E-state index contributed by atoms with van der Waals surface area (Å²) in [7, 11) is 0. The number of urea groups is 2. The van der Waals surface area contributed by atoms with Crippen LogP contribution in [-0.2, 0) is 4.79 Å². The molecule has 4 aliphatic rings. The fourth-order valence-electron chi connectivity index (χ4n) is 6.85. The van der Waals surface area contributed by atoms with E-state index in [1.165, 1.54) is 10.5 Å². The third-order valence-corrected chi connectivity index (χ3v) is 8.86. The number of carbonyl (C=O) groups excluding carboxylic acids is 2. The largest absolute Gasteiger partial charge is 0.480 e. The zero-order valence-electron chi connectivity index (χ0n) is 23.1. The minimum absolute atomic E-state index is 0.0401. The van der Waals surface area contributed by atoms with Gasteiger partial charge in [-0.15, -0.1) is 0 Å². The molecule has 4 amide bonds. The fourth-order valence-corrected chi connectivity index (χ4v) is 6.85. The maximum absolute atomic E-state index is 14.3. The standard InChI is InChI=1S/C33H36N4O4/c38-31(39)30-26-18-19-29(35(22-26)32(40)34-20-10-13-25(21-34)24-11-4-1-5-12-24)23-36(30)33(41)37(27-14-6-2-7-15-27)28-16-8-3-9-17-28/h1-9,11-12,14-17,25-26,29-30H,10,13,18-23H2,(H,38,39)/t25?,26-,29+,30+/m1/s1. The molecule has 212 valence electrons. The number of carboxylic acids is 1. The van der Waals surface area contributed by atoms with Crippen LogP contribution in [0.3, 0.4) is 0 Å². The number of piperidine rings is 2. The summed E-state index contributed by atoms with van der Waals surface area (Å²) in [6.45, 7) is 1.87. The molecule has 3 aromatic carbocycles. The van der Waals surface area contributed by atoms with Crippen LogP contribution in [0.4, 0.5) is 21.0 Å². The second-order valence-electron chi connectivity index (χ2n) is 11.3. The molecule has 0 radical (unpaired) electrons. The smallest absolute Gasteiger partial charge is 0.329 e. The summed E-state index contributed by atoms with van der Waals surface area (Å²) in [6, 6.07) is 27.3. The number of rotatable bonds is 4. The van der Waals surface area contributed by atoms with Crippen molar-refractivity contribution in [3.8, 4) is 0 Å². The van der Waals surface area contributed by atoms with Crippen molar-refractivity contribution in [3.05, 3.63) is 96.6 Å². The SMILES string of the molecule is O=C(O)[C@@H]1[C@@H]2CC[C@@H](CN1C(=O)N(c1ccccc1)c1ccccc1)N(C(=O)N1CCCC(c3ccccc3)C1)C2. The molecule has 3 aromatic rings. The van der Waals surface area contributed by atoms with E-state index in [9.17, 15) is 19.5 Å². The van der Waals surface area contributed by atoms with Gasteiger partial charge in [-0.1, -0.05) is 66.7 Å². The number of anilines is 2. The van der Waals surface area contributed by atoms with E-state index in [4.69, 9.17) is 0 Å². The highest BCUT2D eigenvalue weighted by Gasteiger charge is 2.49. The summed E-state index contributed by atoms with van der Waals surface area (Å²) in [5.74, 6) is -1.09. The van der Waals surface area contributed by atoms with Crippen molar-refractivity contribution in [2.75, 3.05) is 31.1 Å². The number of amides is 4. The molecule has 1 N–H and O–H groups in total. The first-order chi connectivity index (χ1) is 20.0. The highest BCUT2D eigenvalue weighted by molar-refractivity contribution is 6.01. The second kappa shape index (κ2) is 11.6. The number of para-hydroxylation sites is 2. The van der Waals surface area contributed by atoms with Crippen molar-refractivity contribution < 1.29 is 19.5 Å². The molecule has 4 saturated heterocycles. The summed E-state index contributed by atoms with van der Waals surface area (Å²) < 4.78 is 0. The maximum atomic E-state index is 14.3. The fraction of sp³-hybridized carbons (Fsp3) is 0.364. The van der Waals surface area contributed by atoms with E-state index < -0.39 is 12.0 Å². The zero-order chi connectivity index (χ0) is 28.3. The lowest BCUT2D eigenvalue weighted by molar-refractivity contribution is -0.143.